The molecule has 1 N–H and O–H groups in total. The number of hydrogen-bond donors (Lipinski definition) is 1. The number of amides is 2. The van der Waals surface area contributed by atoms with E-state index in [0.29, 0.717) is 30.2 Å². The Bertz CT molecular complexity index is 865. The molecule has 1 aliphatic heterocycles. The number of nitrogens with one attached hydrogen (secondary N) is 1. The van der Waals surface area contributed by atoms with Crippen LogP contribution in [-0.2, 0) is 9.53 Å². The van der Waals surface area contributed by atoms with Crippen molar-refractivity contribution in [1.82, 2.24) is 9.80 Å². The summed E-state index contributed by atoms with van der Waals surface area (Å²) >= 11 is 0. The van der Waals surface area contributed by atoms with Crippen LogP contribution >= 0.6 is 0 Å². The van der Waals surface area contributed by atoms with E-state index in [9.17, 15) is 9.59 Å². The Labute approximate surface area is 204 Å². The van der Waals surface area contributed by atoms with E-state index in [-0.39, 0.29) is 35.8 Å². The summed E-state index contributed by atoms with van der Waals surface area (Å²) in [7, 11) is 3.54. The van der Waals surface area contributed by atoms with Gasteiger partial charge in [-0.1, -0.05) is 19.8 Å². The SMILES string of the molecule is CO[C@H]1CN(C)C(=O)c2cc(NC(=O)C3CCCC3)ccc2OC[C@H](C)N(CC2CC2)C[C@@H]1C. The van der Waals surface area contributed by atoms with Crippen LogP contribution in [0.2, 0.25) is 0 Å². The van der Waals surface area contributed by atoms with Gasteiger partial charge >= 0.3 is 0 Å². The standard InChI is InChI=1S/C27H41N3O4/c1-18-14-30(15-20-9-10-20)19(2)17-34-24-12-11-22(28-26(31)21-7-5-6-8-21)13-23(24)27(32)29(3)16-25(18)33-4/h11-13,18-21,25H,5-10,14-17H2,1-4H3,(H,28,31)/t18-,19-,25-/m0/s1. The minimum Gasteiger partial charge on any atom is -0.491 e. The van der Waals surface area contributed by atoms with Crippen LogP contribution in [0.4, 0.5) is 5.69 Å². The number of nitrogens with zero attached hydrogens (tertiary/aromatic N) is 2. The van der Waals surface area contributed by atoms with Crippen molar-refractivity contribution in [1.29, 1.82) is 0 Å². The van der Waals surface area contributed by atoms with Crippen molar-refractivity contribution in [3.63, 3.8) is 0 Å². The molecule has 0 radical (unpaired) electrons. The van der Waals surface area contributed by atoms with Crippen LogP contribution in [0.1, 0.15) is 62.7 Å². The highest BCUT2D eigenvalue weighted by Gasteiger charge is 2.32. The molecule has 7 nitrogen and oxygen atoms in total. The van der Waals surface area contributed by atoms with Crippen LogP contribution in [0.3, 0.4) is 0 Å². The van der Waals surface area contributed by atoms with Crippen molar-refractivity contribution in [3.8, 4) is 5.75 Å². The van der Waals surface area contributed by atoms with E-state index in [1.54, 1.807) is 18.1 Å². The van der Waals surface area contributed by atoms with Crippen molar-refractivity contribution in [2.24, 2.45) is 17.8 Å². The number of ether oxygens (including phenoxy) is 2. The molecule has 4 rings (SSSR count). The lowest BCUT2D eigenvalue weighted by atomic mass is 10.0. The van der Waals surface area contributed by atoms with Crippen molar-refractivity contribution in [2.75, 3.05) is 45.7 Å². The Balaban J connectivity index is 1.58. The van der Waals surface area contributed by atoms with E-state index in [4.69, 9.17) is 9.47 Å². The summed E-state index contributed by atoms with van der Waals surface area (Å²) in [5.41, 5.74) is 1.13. The van der Waals surface area contributed by atoms with E-state index >= 15 is 0 Å². The van der Waals surface area contributed by atoms with Crippen molar-refractivity contribution >= 4 is 17.5 Å². The Morgan fingerprint density at radius 1 is 1.15 bits per heavy atom. The first-order valence-electron chi connectivity index (χ1n) is 13.0. The van der Waals surface area contributed by atoms with Gasteiger partial charge in [0.15, 0.2) is 0 Å². The molecule has 2 fully saturated rings. The molecule has 2 amide bonds. The number of rotatable bonds is 5. The topological polar surface area (TPSA) is 71.1 Å². The van der Waals surface area contributed by atoms with Crippen molar-refractivity contribution in [3.05, 3.63) is 23.8 Å². The molecule has 7 heteroatoms. The molecular weight excluding hydrogens is 430 g/mol. The number of carbonyl (C=O) groups is 2. The Morgan fingerprint density at radius 2 is 1.88 bits per heavy atom. The first-order chi connectivity index (χ1) is 16.4. The first kappa shape index (κ1) is 25.0. The van der Waals surface area contributed by atoms with Gasteiger partial charge in [-0.2, -0.15) is 0 Å². The van der Waals surface area contributed by atoms with Gasteiger partial charge in [0, 0.05) is 51.4 Å². The largest absolute Gasteiger partial charge is 0.491 e. The summed E-state index contributed by atoms with van der Waals surface area (Å²) < 4.78 is 12.1. The molecule has 0 aromatic heterocycles. The number of fused-ring (bicyclic) bond motifs is 1. The molecule has 188 valence electrons. The zero-order valence-electron chi connectivity index (χ0n) is 21.2. The number of carbonyl (C=O) groups excluding carboxylic acids is 2. The fraction of sp³-hybridized carbons (Fsp3) is 0.704. The number of hydrogen-bond acceptors (Lipinski definition) is 5. The number of methoxy groups -OCH3 is 1. The third kappa shape index (κ3) is 6.11. The summed E-state index contributed by atoms with van der Waals surface area (Å²) in [4.78, 5) is 30.4. The van der Waals surface area contributed by atoms with E-state index in [1.165, 1.54) is 12.8 Å². The van der Waals surface area contributed by atoms with Crippen molar-refractivity contribution < 1.29 is 19.1 Å². The maximum atomic E-state index is 13.5. The van der Waals surface area contributed by atoms with Crippen molar-refractivity contribution in [2.45, 2.75) is 64.5 Å². The quantitative estimate of drug-likeness (QED) is 0.702. The fourth-order valence-electron chi connectivity index (χ4n) is 5.25. The molecule has 0 bridgehead atoms. The van der Waals surface area contributed by atoms with E-state index < -0.39 is 0 Å². The lowest BCUT2D eigenvalue weighted by Crippen LogP contribution is -2.47. The lowest BCUT2D eigenvalue weighted by molar-refractivity contribution is -0.119. The van der Waals surface area contributed by atoms with Crippen LogP contribution in [0, 0.1) is 17.8 Å². The molecule has 3 aliphatic rings. The van der Waals surface area contributed by atoms with Crippen LogP contribution in [0.5, 0.6) is 5.75 Å². The zero-order chi connectivity index (χ0) is 24.2. The average molecular weight is 472 g/mol. The fourth-order valence-corrected chi connectivity index (χ4v) is 5.25. The summed E-state index contributed by atoms with van der Waals surface area (Å²) in [6, 6.07) is 5.66. The molecule has 2 saturated carbocycles. The second-order valence-corrected chi connectivity index (χ2v) is 10.7. The molecule has 0 spiro atoms. The van der Waals surface area contributed by atoms with E-state index in [0.717, 1.165) is 44.7 Å². The summed E-state index contributed by atoms with van der Waals surface area (Å²) in [6.45, 7) is 7.41. The van der Waals surface area contributed by atoms with Gasteiger partial charge in [0.05, 0.1) is 11.7 Å². The second kappa shape index (κ2) is 11.1. The van der Waals surface area contributed by atoms with Gasteiger partial charge < -0.3 is 19.7 Å². The van der Waals surface area contributed by atoms with Gasteiger partial charge in [-0.3, -0.25) is 14.5 Å². The average Bonchev–Trinajstić information content (AvgIpc) is 3.47. The molecule has 34 heavy (non-hydrogen) atoms. The smallest absolute Gasteiger partial charge is 0.257 e. The van der Waals surface area contributed by atoms with E-state index in [1.807, 2.05) is 19.2 Å². The lowest BCUT2D eigenvalue weighted by Gasteiger charge is -2.36. The highest BCUT2D eigenvalue weighted by molar-refractivity contribution is 5.99. The molecule has 1 aromatic carbocycles. The minimum atomic E-state index is -0.121. The highest BCUT2D eigenvalue weighted by atomic mass is 16.5. The predicted molar refractivity (Wildman–Crippen MR) is 133 cm³/mol. The van der Waals surface area contributed by atoms with Gasteiger partial charge in [-0.25, -0.2) is 0 Å². The molecule has 0 saturated heterocycles. The monoisotopic (exact) mass is 471 g/mol. The molecule has 1 aromatic rings. The third-order valence-electron chi connectivity index (χ3n) is 7.76. The second-order valence-electron chi connectivity index (χ2n) is 10.7. The van der Waals surface area contributed by atoms with Crippen LogP contribution < -0.4 is 10.1 Å². The zero-order valence-corrected chi connectivity index (χ0v) is 21.2. The predicted octanol–water partition coefficient (Wildman–Crippen LogP) is 4.03. The maximum Gasteiger partial charge on any atom is 0.257 e. The van der Waals surface area contributed by atoms with Crippen LogP contribution in [-0.4, -0.2) is 74.2 Å². The van der Waals surface area contributed by atoms with Gasteiger partial charge in [0.25, 0.3) is 5.91 Å². The summed E-state index contributed by atoms with van der Waals surface area (Å²) in [5, 5.41) is 3.03. The molecular formula is C27H41N3O4. The Morgan fingerprint density at radius 3 is 2.56 bits per heavy atom. The van der Waals surface area contributed by atoms with Gasteiger partial charge in [0.2, 0.25) is 5.91 Å². The normalized spacial score (nSPS) is 27.5. The van der Waals surface area contributed by atoms with Crippen LogP contribution in [0.15, 0.2) is 18.2 Å². The van der Waals surface area contributed by atoms with Crippen LogP contribution in [0.25, 0.3) is 0 Å². The summed E-state index contributed by atoms with van der Waals surface area (Å²) in [6.07, 6.45) is 6.64. The molecule has 2 aliphatic carbocycles. The number of anilines is 1. The molecule has 0 unspecified atom stereocenters. The molecule has 3 atom stereocenters. The summed E-state index contributed by atoms with van der Waals surface area (Å²) in [5.74, 6) is 1.62. The maximum absolute atomic E-state index is 13.5. The third-order valence-corrected chi connectivity index (χ3v) is 7.76. The molecule has 1 heterocycles. The highest BCUT2D eigenvalue weighted by Crippen LogP contribution is 2.32. The number of benzene rings is 1. The Hall–Kier alpha value is -2.12. The number of likely N-dealkylation sites (N-methyl/N-ethyl adjacent to an activating group) is 1. The van der Waals surface area contributed by atoms with E-state index in [2.05, 4.69) is 24.1 Å². The van der Waals surface area contributed by atoms with Gasteiger partial charge in [0.1, 0.15) is 12.4 Å². The van der Waals surface area contributed by atoms with Gasteiger partial charge in [-0.05, 0) is 62.6 Å². The first-order valence-corrected chi connectivity index (χ1v) is 13.0. The Kier molecular flexibility index (Phi) is 8.14. The van der Waals surface area contributed by atoms with Gasteiger partial charge in [-0.15, -0.1) is 0 Å². The minimum absolute atomic E-state index is 0.0462.